The summed E-state index contributed by atoms with van der Waals surface area (Å²) >= 11 is 1.51. The molecule has 3 aromatic rings. The van der Waals surface area contributed by atoms with Crippen LogP contribution in [0.15, 0.2) is 41.5 Å². The van der Waals surface area contributed by atoms with Crippen molar-refractivity contribution >= 4 is 27.5 Å². The molecule has 3 heterocycles. The Balaban J connectivity index is 1.54. The molecule has 1 fully saturated rings. The van der Waals surface area contributed by atoms with Crippen LogP contribution < -0.4 is 5.56 Å². The van der Waals surface area contributed by atoms with E-state index in [9.17, 15) is 9.59 Å². The standard InChI is InChI=1S/C20H21N3O3S/c1-13-14(2)27-19-18(13)20(25)23(12-21-19)11-17(24)22-8-9-26-16(10-22)15-6-4-3-5-7-15/h3-7,12,16H,8-11H2,1-2H3. The number of ether oxygens (including phenoxy) is 1. The first-order chi connectivity index (χ1) is 13.0. The minimum absolute atomic E-state index is 0.00236. The lowest BCUT2D eigenvalue weighted by atomic mass is 10.1. The number of rotatable bonds is 3. The Labute approximate surface area is 161 Å². The molecule has 1 atom stereocenters. The summed E-state index contributed by atoms with van der Waals surface area (Å²) in [6.45, 7) is 5.41. The molecule has 0 bridgehead atoms. The fourth-order valence-electron chi connectivity index (χ4n) is 3.37. The number of aryl methyl sites for hydroxylation is 2. The predicted molar refractivity (Wildman–Crippen MR) is 105 cm³/mol. The van der Waals surface area contributed by atoms with Gasteiger partial charge in [-0.25, -0.2) is 4.98 Å². The molecule has 1 aliphatic heterocycles. The molecule has 7 heteroatoms. The van der Waals surface area contributed by atoms with Gasteiger partial charge >= 0.3 is 0 Å². The number of carbonyl (C=O) groups excluding carboxylic acids is 1. The maximum Gasteiger partial charge on any atom is 0.262 e. The maximum absolute atomic E-state index is 12.8. The third-order valence-electron chi connectivity index (χ3n) is 5.05. The second-order valence-corrected chi connectivity index (χ2v) is 7.95. The lowest BCUT2D eigenvalue weighted by Crippen LogP contribution is -2.44. The van der Waals surface area contributed by atoms with Crippen LogP contribution in [0.5, 0.6) is 0 Å². The number of amides is 1. The first-order valence-corrected chi connectivity index (χ1v) is 9.75. The topological polar surface area (TPSA) is 64.4 Å². The zero-order chi connectivity index (χ0) is 19.0. The molecule has 0 radical (unpaired) electrons. The van der Waals surface area contributed by atoms with Crippen molar-refractivity contribution in [2.75, 3.05) is 19.7 Å². The van der Waals surface area contributed by atoms with Crippen LogP contribution in [-0.2, 0) is 16.1 Å². The van der Waals surface area contributed by atoms with Gasteiger partial charge in [-0.2, -0.15) is 0 Å². The molecule has 0 aliphatic carbocycles. The van der Waals surface area contributed by atoms with Gasteiger partial charge in [0.15, 0.2) is 0 Å². The molecule has 6 nitrogen and oxygen atoms in total. The Morgan fingerprint density at radius 2 is 2.07 bits per heavy atom. The number of hydrogen-bond donors (Lipinski definition) is 0. The van der Waals surface area contributed by atoms with Crippen molar-refractivity contribution in [2.45, 2.75) is 26.5 Å². The summed E-state index contributed by atoms with van der Waals surface area (Å²) < 4.78 is 7.23. The highest BCUT2D eigenvalue weighted by Gasteiger charge is 2.26. The molecular weight excluding hydrogens is 362 g/mol. The summed E-state index contributed by atoms with van der Waals surface area (Å²) in [7, 11) is 0. The molecule has 2 aromatic heterocycles. The number of carbonyl (C=O) groups is 1. The van der Waals surface area contributed by atoms with Crippen molar-refractivity contribution in [3.8, 4) is 0 Å². The number of benzene rings is 1. The highest BCUT2D eigenvalue weighted by molar-refractivity contribution is 7.18. The normalized spacial score (nSPS) is 17.4. The Kier molecular flexibility index (Phi) is 4.80. The van der Waals surface area contributed by atoms with Crippen LogP contribution in [0, 0.1) is 13.8 Å². The third-order valence-corrected chi connectivity index (χ3v) is 6.17. The smallest absolute Gasteiger partial charge is 0.262 e. The summed E-state index contributed by atoms with van der Waals surface area (Å²) in [5.41, 5.74) is 1.85. The molecule has 27 heavy (non-hydrogen) atoms. The Morgan fingerprint density at radius 3 is 2.85 bits per heavy atom. The minimum Gasteiger partial charge on any atom is -0.370 e. The highest BCUT2D eigenvalue weighted by atomic mass is 32.1. The van der Waals surface area contributed by atoms with Gasteiger partial charge in [0.2, 0.25) is 5.91 Å². The van der Waals surface area contributed by atoms with Gasteiger partial charge in [0.25, 0.3) is 5.56 Å². The molecule has 1 saturated heterocycles. The van der Waals surface area contributed by atoms with Crippen molar-refractivity contribution in [3.63, 3.8) is 0 Å². The van der Waals surface area contributed by atoms with Crippen molar-refractivity contribution in [2.24, 2.45) is 0 Å². The Morgan fingerprint density at radius 1 is 1.30 bits per heavy atom. The number of morpholine rings is 1. The van der Waals surface area contributed by atoms with Crippen molar-refractivity contribution in [1.82, 2.24) is 14.5 Å². The predicted octanol–water partition coefficient (Wildman–Crippen LogP) is 2.67. The summed E-state index contributed by atoms with van der Waals surface area (Å²) in [6, 6.07) is 9.89. The summed E-state index contributed by atoms with van der Waals surface area (Å²) in [4.78, 5) is 33.6. The quantitative estimate of drug-likeness (QED) is 0.698. The van der Waals surface area contributed by atoms with Crippen LogP contribution in [0.4, 0.5) is 0 Å². The fraction of sp³-hybridized carbons (Fsp3) is 0.350. The molecule has 0 saturated carbocycles. The summed E-state index contributed by atoms with van der Waals surface area (Å²) in [5.74, 6) is -0.0907. The largest absolute Gasteiger partial charge is 0.370 e. The zero-order valence-electron chi connectivity index (χ0n) is 15.3. The first kappa shape index (κ1) is 17.9. The average Bonchev–Trinajstić information content (AvgIpc) is 2.99. The molecule has 0 spiro atoms. The average molecular weight is 383 g/mol. The lowest BCUT2D eigenvalue weighted by Gasteiger charge is -2.33. The number of fused-ring (bicyclic) bond motifs is 1. The molecule has 140 valence electrons. The van der Waals surface area contributed by atoms with E-state index < -0.39 is 0 Å². The van der Waals surface area contributed by atoms with Gasteiger partial charge in [0.05, 0.1) is 24.9 Å². The van der Waals surface area contributed by atoms with E-state index in [1.807, 2.05) is 44.2 Å². The van der Waals surface area contributed by atoms with Crippen molar-refractivity contribution in [3.05, 3.63) is 63.0 Å². The van der Waals surface area contributed by atoms with Crippen LogP contribution in [-0.4, -0.2) is 40.1 Å². The molecule has 1 aliphatic rings. The van der Waals surface area contributed by atoms with Crippen molar-refractivity contribution < 1.29 is 9.53 Å². The second-order valence-electron chi connectivity index (χ2n) is 6.75. The zero-order valence-corrected chi connectivity index (χ0v) is 16.2. The van der Waals surface area contributed by atoms with Crippen LogP contribution in [0.2, 0.25) is 0 Å². The molecular formula is C20H21N3O3S. The number of aromatic nitrogens is 2. The van der Waals surface area contributed by atoms with E-state index >= 15 is 0 Å². The molecule has 1 aromatic carbocycles. The lowest BCUT2D eigenvalue weighted by molar-refractivity contribution is -0.139. The van der Waals surface area contributed by atoms with Gasteiger partial charge < -0.3 is 9.64 Å². The fourth-order valence-corrected chi connectivity index (χ4v) is 4.36. The van der Waals surface area contributed by atoms with Gasteiger partial charge in [-0.05, 0) is 25.0 Å². The third kappa shape index (κ3) is 3.40. The SMILES string of the molecule is Cc1sc2ncn(CC(=O)N3CCOC(c4ccccc4)C3)c(=O)c2c1C. The van der Waals surface area contributed by atoms with Crippen LogP contribution in [0.25, 0.3) is 10.2 Å². The van der Waals surface area contributed by atoms with E-state index in [4.69, 9.17) is 4.74 Å². The van der Waals surface area contributed by atoms with Crippen LogP contribution >= 0.6 is 11.3 Å². The van der Waals surface area contributed by atoms with Gasteiger partial charge in [0, 0.05) is 11.4 Å². The molecule has 4 rings (SSSR count). The van der Waals surface area contributed by atoms with E-state index in [1.165, 1.54) is 22.2 Å². The first-order valence-electron chi connectivity index (χ1n) is 8.94. The van der Waals surface area contributed by atoms with E-state index in [-0.39, 0.29) is 24.1 Å². The van der Waals surface area contributed by atoms with Gasteiger partial charge in [-0.3, -0.25) is 14.2 Å². The minimum atomic E-state index is -0.150. The monoisotopic (exact) mass is 383 g/mol. The summed E-state index contributed by atoms with van der Waals surface area (Å²) in [5, 5.41) is 0.622. The number of nitrogens with zero attached hydrogens (tertiary/aromatic N) is 3. The number of hydrogen-bond acceptors (Lipinski definition) is 5. The van der Waals surface area contributed by atoms with E-state index in [0.29, 0.717) is 25.1 Å². The molecule has 1 amide bonds. The number of thiophene rings is 1. The van der Waals surface area contributed by atoms with E-state index in [0.717, 1.165) is 20.8 Å². The Hall–Kier alpha value is -2.51. The van der Waals surface area contributed by atoms with Crippen molar-refractivity contribution in [1.29, 1.82) is 0 Å². The van der Waals surface area contributed by atoms with Gasteiger partial charge in [0.1, 0.15) is 17.5 Å². The van der Waals surface area contributed by atoms with Crippen LogP contribution in [0.1, 0.15) is 22.1 Å². The molecule has 0 N–H and O–H groups in total. The van der Waals surface area contributed by atoms with E-state index in [2.05, 4.69) is 4.98 Å². The highest BCUT2D eigenvalue weighted by Crippen LogP contribution is 2.25. The van der Waals surface area contributed by atoms with E-state index in [1.54, 1.807) is 4.90 Å². The molecule has 1 unspecified atom stereocenters. The Bertz CT molecular complexity index is 1040. The second kappa shape index (κ2) is 7.25. The summed E-state index contributed by atoms with van der Waals surface area (Å²) in [6.07, 6.45) is 1.34. The van der Waals surface area contributed by atoms with Gasteiger partial charge in [-0.1, -0.05) is 30.3 Å². The van der Waals surface area contributed by atoms with Gasteiger partial charge in [-0.15, -0.1) is 11.3 Å². The maximum atomic E-state index is 12.8. The van der Waals surface area contributed by atoms with Crippen LogP contribution in [0.3, 0.4) is 0 Å².